The van der Waals surface area contributed by atoms with E-state index in [-0.39, 0.29) is 0 Å². The van der Waals surface area contributed by atoms with Crippen LogP contribution >= 0.6 is 0 Å². The molecule has 0 unspecified atom stereocenters. The van der Waals surface area contributed by atoms with Gasteiger partial charge in [0.05, 0.1) is 17.6 Å². The number of aromatic nitrogens is 1. The van der Waals surface area contributed by atoms with Gasteiger partial charge < -0.3 is 11.1 Å². The Morgan fingerprint density at radius 2 is 2.25 bits per heavy atom. The smallest absolute Gasteiger partial charge is 0.0549 e. The van der Waals surface area contributed by atoms with E-state index < -0.39 is 0 Å². The second-order valence-electron chi connectivity index (χ2n) is 3.28. The Morgan fingerprint density at radius 1 is 1.42 bits per heavy atom. The zero-order valence-corrected chi connectivity index (χ0v) is 6.96. The molecule has 1 fully saturated rings. The van der Waals surface area contributed by atoms with Crippen molar-refractivity contribution in [2.24, 2.45) is 0 Å². The fraction of sp³-hybridized carbons (Fsp3) is 0.444. The summed E-state index contributed by atoms with van der Waals surface area (Å²) < 4.78 is 0. The normalized spacial score (nSPS) is 17.0. The van der Waals surface area contributed by atoms with Gasteiger partial charge in [-0.1, -0.05) is 0 Å². The van der Waals surface area contributed by atoms with Crippen molar-refractivity contribution in [1.82, 2.24) is 4.98 Å². The third-order valence-corrected chi connectivity index (χ3v) is 2.24. The van der Waals surface area contributed by atoms with E-state index >= 15 is 0 Å². The number of nitrogens with two attached hydrogens (primary N) is 1. The molecule has 0 aromatic carbocycles. The summed E-state index contributed by atoms with van der Waals surface area (Å²) in [6.07, 6.45) is 7.36. The van der Waals surface area contributed by atoms with E-state index in [1.807, 2.05) is 12.3 Å². The lowest BCUT2D eigenvalue weighted by atomic mass is 9.93. The number of hydrogen-bond acceptors (Lipinski definition) is 3. The van der Waals surface area contributed by atoms with E-state index in [1.54, 1.807) is 6.20 Å². The van der Waals surface area contributed by atoms with Gasteiger partial charge in [0.25, 0.3) is 0 Å². The highest BCUT2D eigenvalue weighted by molar-refractivity contribution is 5.51. The van der Waals surface area contributed by atoms with Crippen LogP contribution in [0.15, 0.2) is 18.5 Å². The molecule has 0 aliphatic heterocycles. The Hall–Kier alpha value is -1.25. The summed E-state index contributed by atoms with van der Waals surface area (Å²) in [6.45, 7) is 0. The van der Waals surface area contributed by atoms with Crippen molar-refractivity contribution in [3.63, 3.8) is 0 Å². The molecule has 0 radical (unpaired) electrons. The Kier molecular flexibility index (Phi) is 1.86. The van der Waals surface area contributed by atoms with Crippen LogP contribution in [0.2, 0.25) is 0 Å². The van der Waals surface area contributed by atoms with Gasteiger partial charge in [0.1, 0.15) is 0 Å². The fourth-order valence-electron chi connectivity index (χ4n) is 1.32. The first-order valence-electron chi connectivity index (χ1n) is 4.31. The summed E-state index contributed by atoms with van der Waals surface area (Å²) in [4.78, 5) is 4.01. The number of nitrogens with one attached hydrogen (secondary N) is 1. The lowest BCUT2D eigenvalue weighted by Gasteiger charge is -2.27. The molecule has 1 aliphatic rings. The molecule has 3 heteroatoms. The zero-order chi connectivity index (χ0) is 8.39. The highest BCUT2D eigenvalue weighted by Gasteiger charge is 2.16. The number of anilines is 2. The molecule has 1 aromatic heterocycles. The van der Waals surface area contributed by atoms with Crippen LogP contribution in [-0.4, -0.2) is 11.0 Å². The van der Waals surface area contributed by atoms with E-state index in [1.165, 1.54) is 19.3 Å². The quantitative estimate of drug-likeness (QED) is 0.696. The van der Waals surface area contributed by atoms with E-state index in [9.17, 15) is 0 Å². The van der Waals surface area contributed by atoms with Gasteiger partial charge in [-0.25, -0.2) is 0 Å². The first kappa shape index (κ1) is 7.40. The minimum atomic E-state index is 0.647. The molecule has 0 atom stereocenters. The predicted octanol–water partition coefficient (Wildman–Crippen LogP) is 1.63. The number of pyridine rings is 1. The van der Waals surface area contributed by atoms with Crippen LogP contribution in [0.5, 0.6) is 0 Å². The second kappa shape index (κ2) is 3.01. The molecule has 0 saturated heterocycles. The first-order chi connectivity index (χ1) is 5.84. The van der Waals surface area contributed by atoms with Gasteiger partial charge in [0, 0.05) is 12.2 Å². The Balaban J connectivity index is 2.02. The molecule has 64 valence electrons. The molecule has 0 amide bonds. The molecule has 1 heterocycles. The molecule has 2 rings (SSSR count). The van der Waals surface area contributed by atoms with Crippen LogP contribution in [0.3, 0.4) is 0 Å². The Morgan fingerprint density at radius 3 is 2.83 bits per heavy atom. The van der Waals surface area contributed by atoms with E-state index in [2.05, 4.69) is 10.3 Å². The van der Waals surface area contributed by atoms with Gasteiger partial charge in [-0.3, -0.25) is 4.98 Å². The molecule has 1 saturated carbocycles. The zero-order valence-electron chi connectivity index (χ0n) is 6.96. The van der Waals surface area contributed by atoms with Crippen LogP contribution in [0.4, 0.5) is 11.4 Å². The maximum absolute atomic E-state index is 5.59. The van der Waals surface area contributed by atoms with E-state index in [0.29, 0.717) is 6.04 Å². The number of rotatable bonds is 2. The summed E-state index contributed by atoms with van der Waals surface area (Å²) in [5, 5.41) is 3.38. The van der Waals surface area contributed by atoms with Crippen LogP contribution in [0.25, 0.3) is 0 Å². The SMILES string of the molecule is Nc1cncc(NC2CCC2)c1. The first-order valence-corrected chi connectivity index (χ1v) is 4.31. The Bertz CT molecular complexity index is 268. The van der Waals surface area contributed by atoms with E-state index in [0.717, 1.165) is 11.4 Å². The molecule has 1 aromatic rings. The van der Waals surface area contributed by atoms with Crippen molar-refractivity contribution in [3.8, 4) is 0 Å². The van der Waals surface area contributed by atoms with Gasteiger partial charge in [-0.2, -0.15) is 0 Å². The molecule has 1 aliphatic carbocycles. The van der Waals surface area contributed by atoms with Gasteiger partial charge >= 0.3 is 0 Å². The third-order valence-electron chi connectivity index (χ3n) is 2.24. The number of nitrogens with zero attached hydrogens (tertiary/aromatic N) is 1. The topological polar surface area (TPSA) is 50.9 Å². The van der Waals surface area contributed by atoms with Crippen LogP contribution < -0.4 is 11.1 Å². The highest BCUT2D eigenvalue weighted by Crippen LogP contribution is 2.23. The van der Waals surface area contributed by atoms with Crippen molar-refractivity contribution < 1.29 is 0 Å². The van der Waals surface area contributed by atoms with Crippen molar-refractivity contribution >= 4 is 11.4 Å². The summed E-state index contributed by atoms with van der Waals surface area (Å²) in [6, 6.07) is 2.57. The van der Waals surface area contributed by atoms with Gasteiger partial charge in [-0.05, 0) is 25.3 Å². The average Bonchev–Trinajstić information content (AvgIpc) is 1.97. The summed E-state index contributed by atoms with van der Waals surface area (Å²) >= 11 is 0. The van der Waals surface area contributed by atoms with Crippen LogP contribution in [0, 0.1) is 0 Å². The lowest BCUT2D eigenvalue weighted by molar-refractivity contribution is 0.445. The summed E-state index contributed by atoms with van der Waals surface area (Å²) in [5.74, 6) is 0. The van der Waals surface area contributed by atoms with Crippen LogP contribution in [-0.2, 0) is 0 Å². The van der Waals surface area contributed by atoms with Gasteiger partial charge in [-0.15, -0.1) is 0 Å². The predicted molar refractivity (Wildman–Crippen MR) is 49.9 cm³/mol. The summed E-state index contributed by atoms with van der Waals surface area (Å²) in [5.41, 5.74) is 7.35. The monoisotopic (exact) mass is 163 g/mol. The second-order valence-corrected chi connectivity index (χ2v) is 3.28. The lowest BCUT2D eigenvalue weighted by Crippen LogP contribution is -2.26. The van der Waals surface area contributed by atoms with Crippen molar-refractivity contribution in [1.29, 1.82) is 0 Å². The summed E-state index contributed by atoms with van der Waals surface area (Å²) in [7, 11) is 0. The minimum Gasteiger partial charge on any atom is -0.397 e. The van der Waals surface area contributed by atoms with E-state index in [4.69, 9.17) is 5.73 Å². The van der Waals surface area contributed by atoms with Gasteiger partial charge in [0.15, 0.2) is 0 Å². The molecule has 0 spiro atoms. The van der Waals surface area contributed by atoms with Crippen molar-refractivity contribution in [2.75, 3.05) is 11.1 Å². The molecule has 0 bridgehead atoms. The van der Waals surface area contributed by atoms with Gasteiger partial charge in [0.2, 0.25) is 0 Å². The highest BCUT2D eigenvalue weighted by atomic mass is 14.9. The maximum atomic E-state index is 5.59. The molecular weight excluding hydrogens is 150 g/mol. The third kappa shape index (κ3) is 1.49. The maximum Gasteiger partial charge on any atom is 0.0549 e. The standard InChI is InChI=1S/C9H13N3/c10-7-4-9(6-11-5-7)12-8-2-1-3-8/h4-6,8,12H,1-3,10H2. The number of nitrogen functional groups attached to an aromatic ring is 1. The fourth-order valence-corrected chi connectivity index (χ4v) is 1.32. The molecule has 12 heavy (non-hydrogen) atoms. The Labute approximate surface area is 72.0 Å². The molecule has 3 N–H and O–H groups in total. The number of hydrogen-bond donors (Lipinski definition) is 2. The minimum absolute atomic E-state index is 0.647. The molecule has 3 nitrogen and oxygen atoms in total. The molecular formula is C9H13N3. The van der Waals surface area contributed by atoms with Crippen molar-refractivity contribution in [3.05, 3.63) is 18.5 Å². The van der Waals surface area contributed by atoms with Crippen molar-refractivity contribution in [2.45, 2.75) is 25.3 Å². The average molecular weight is 163 g/mol. The largest absolute Gasteiger partial charge is 0.397 e. The van der Waals surface area contributed by atoms with Crippen LogP contribution in [0.1, 0.15) is 19.3 Å².